The first-order valence-corrected chi connectivity index (χ1v) is 12.7. The number of benzene rings is 3. The molecule has 3 aromatic carbocycles. The number of nitrogens with zero attached hydrogens (tertiary/aromatic N) is 3. The first kappa shape index (κ1) is 24.7. The summed E-state index contributed by atoms with van der Waals surface area (Å²) >= 11 is 1.38. The Morgan fingerprint density at radius 1 is 0.914 bits per heavy atom. The van der Waals surface area contributed by atoms with Gasteiger partial charge in [-0.25, -0.2) is 0 Å². The van der Waals surface area contributed by atoms with Crippen LogP contribution in [0.15, 0.2) is 71.9 Å². The molecule has 0 unspecified atom stereocenters. The fourth-order valence-corrected chi connectivity index (χ4v) is 4.91. The topological polar surface area (TPSA) is 59.8 Å². The van der Waals surface area contributed by atoms with Crippen molar-refractivity contribution in [2.45, 2.75) is 52.1 Å². The molecule has 5 nitrogen and oxygen atoms in total. The van der Waals surface area contributed by atoms with Gasteiger partial charge in [0.05, 0.1) is 5.75 Å². The van der Waals surface area contributed by atoms with Crippen LogP contribution < -0.4 is 5.32 Å². The molecule has 0 saturated carbocycles. The highest BCUT2D eigenvalue weighted by molar-refractivity contribution is 7.99. The van der Waals surface area contributed by atoms with Crippen LogP contribution in [-0.2, 0) is 10.2 Å². The highest BCUT2D eigenvalue weighted by Crippen LogP contribution is 2.30. The minimum atomic E-state index is -0.0660. The van der Waals surface area contributed by atoms with Gasteiger partial charge in [0, 0.05) is 16.9 Å². The Labute approximate surface area is 212 Å². The number of carbonyl (C=O) groups is 1. The van der Waals surface area contributed by atoms with E-state index in [9.17, 15) is 4.79 Å². The molecule has 6 heteroatoms. The van der Waals surface area contributed by atoms with Gasteiger partial charge in [0.1, 0.15) is 0 Å². The van der Waals surface area contributed by atoms with Crippen molar-refractivity contribution in [3.8, 4) is 17.1 Å². The fourth-order valence-electron chi connectivity index (χ4n) is 4.16. The Bertz CT molecular complexity index is 1310. The molecule has 0 atom stereocenters. The second kappa shape index (κ2) is 10.1. The maximum atomic E-state index is 12.8. The number of para-hydroxylation sites is 1. The standard InChI is InChI=1S/C29H32N4OS/c1-19-16-20(2)26(21(3)17-19)30-25(34)18-35-28-32-31-27(33(28)24-10-8-7-9-11-24)22-12-14-23(15-13-22)29(4,5)6/h7-17H,18H2,1-6H3,(H,30,34). The van der Waals surface area contributed by atoms with Crippen LogP contribution in [0.25, 0.3) is 17.1 Å². The van der Waals surface area contributed by atoms with Gasteiger partial charge in [-0.05, 0) is 55.0 Å². The maximum Gasteiger partial charge on any atom is 0.234 e. The van der Waals surface area contributed by atoms with Crippen molar-refractivity contribution in [3.63, 3.8) is 0 Å². The van der Waals surface area contributed by atoms with Crippen molar-refractivity contribution >= 4 is 23.4 Å². The summed E-state index contributed by atoms with van der Waals surface area (Å²) in [6, 6.07) is 22.7. The Balaban J connectivity index is 1.60. The van der Waals surface area contributed by atoms with Crippen LogP contribution in [0.4, 0.5) is 5.69 Å². The number of nitrogens with one attached hydrogen (secondary N) is 1. The predicted octanol–water partition coefficient (Wildman–Crippen LogP) is 6.89. The summed E-state index contributed by atoms with van der Waals surface area (Å²) < 4.78 is 2.02. The molecule has 0 saturated heterocycles. The van der Waals surface area contributed by atoms with E-state index in [2.05, 4.69) is 79.6 Å². The first-order valence-electron chi connectivity index (χ1n) is 11.8. The molecule has 0 bridgehead atoms. The molecule has 4 aromatic rings. The van der Waals surface area contributed by atoms with Crippen molar-refractivity contribution in [2.75, 3.05) is 11.1 Å². The fraction of sp³-hybridized carbons (Fsp3) is 0.276. The molecule has 1 N–H and O–H groups in total. The van der Waals surface area contributed by atoms with Crippen molar-refractivity contribution in [2.24, 2.45) is 0 Å². The van der Waals surface area contributed by atoms with E-state index >= 15 is 0 Å². The quantitative estimate of drug-likeness (QED) is 0.303. The number of thioether (sulfide) groups is 1. The summed E-state index contributed by atoms with van der Waals surface area (Å²) in [6.07, 6.45) is 0. The molecule has 1 heterocycles. The molecule has 0 aliphatic heterocycles. The monoisotopic (exact) mass is 484 g/mol. The summed E-state index contributed by atoms with van der Waals surface area (Å²) in [6.45, 7) is 12.7. The number of amides is 1. The van der Waals surface area contributed by atoms with E-state index in [1.54, 1.807) is 0 Å². The van der Waals surface area contributed by atoms with Crippen LogP contribution in [0, 0.1) is 20.8 Å². The van der Waals surface area contributed by atoms with Crippen molar-refractivity contribution in [1.29, 1.82) is 0 Å². The Morgan fingerprint density at radius 2 is 1.54 bits per heavy atom. The maximum absolute atomic E-state index is 12.8. The average Bonchev–Trinajstić information content (AvgIpc) is 3.24. The third kappa shape index (κ3) is 5.65. The number of aromatic nitrogens is 3. The lowest BCUT2D eigenvalue weighted by molar-refractivity contribution is -0.113. The average molecular weight is 485 g/mol. The summed E-state index contributed by atoms with van der Waals surface area (Å²) in [5.74, 6) is 0.925. The number of carbonyl (C=O) groups excluding carboxylic acids is 1. The molecule has 4 rings (SSSR count). The number of aryl methyl sites for hydroxylation is 3. The first-order chi connectivity index (χ1) is 16.6. The van der Waals surface area contributed by atoms with Gasteiger partial charge in [-0.2, -0.15) is 0 Å². The minimum Gasteiger partial charge on any atom is -0.325 e. The van der Waals surface area contributed by atoms with Crippen LogP contribution in [0.2, 0.25) is 0 Å². The van der Waals surface area contributed by atoms with Crippen LogP contribution in [0.5, 0.6) is 0 Å². The lowest BCUT2D eigenvalue weighted by atomic mass is 9.87. The van der Waals surface area contributed by atoms with E-state index in [0.717, 1.165) is 33.9 Å². The second-order valence-corrected chi connectivity index (χ2v) is 10.9. The van der Waals surface area contributed by atoms with Gasteiger partial charge in [-0.1, -0.05) is 92.7 Å². The molecule has 0 spiro atoms. The summed E-state index contributed by atoms with van der Waals surface area (Å²) in [4.78, 5) is 12.8. The summed E-state index contributed by atoms with van der Waals surface area (Å²) in [5.41, 5.74) is 7.48. The molecular weight excluding hydrogens is 452 g/mol. The third-order valence-corrected chi connectivity index (χ3v) is 6.86. The van der Waals surface area contributed by atoms with E-state index in [0.29, 0.717) is 5.16 Å². The van der Waals surface area contributed by atoms with Crippen LogP contribution in [-0.4, -0.2) is 26.4 Å². The smallest absolute Gasteiger partial charge is 0.234 e. The molecule has 180 valence electrons. The van der Waals surface area contributed by atoms with Gasteiger partial charge < -0.3 is 5.32 Å². The molecule has 0 radical (unpaired) electrons. The van der Waals surface area contributed by atoms with Crippen LogP contribution >= 0.6 is 11.8 Å². The third-order valence-electron chi connectivity index (χ3n) is 5.93. The van der Waals surface area contributed by atoms with Gasteiger partial charge in [0.2, 0.25) is 5.91 Å². The molecule has 1 aromatic heterocycles. The highest BCUT2D eigenvalue weighted by Gasteiger charge is 2.19. The molecule has 1 amide bonds. The number of hydrogen-bond donors (Lipinski definition) is 1. The van der Waals surface area contributed by atoms with E-state index in [4.69, 9.17) is 0 Å². The SMILES string of the molecule is Cc1cc(C)c(NC(=O)CSc2nnc(-c3ccc(C(C)(C)C)cc3)n2-c2ccccc2)c(C)c1. The minimum absolute atomic E-state index is 0.0660. The van der Waals surface area contributed by atoms with Gasteiger partial charge in [0.25, 0.3) is 0 Å². The second-order valence-electron chi connectivity index (χ2n) is 9.92. The lowest BCUT2D eigenvalue weighted by Gasteiger charge is -2.19. The Hall–Kier alpha value is -3.38. The van der Waals surface area contributed by atoms with E-state index < -0.39 is 0 Å². The molecule has 35 heavy (non-hydrogen) atoms. The number of anilines is 1. The molecule has 0 aliphatic carbocycles. The van der Waals surface area contributed by atoms with E-state index in [1.165, 1.54) is 22.9 Å². The van der Waals surface area contributed by atoms with Gasteiger partial charge >= 0.3 is 0 Å². The van der Waals surface area contributed by atoms with Crippen LogP contribution in [0.3, 0.4) is 0 Å². The zero-order valence-corrected chi connectivity index (χ0v) is 22.0. The van der Waals surface area contributed by atoms with Gasteiger partial charge in [-0.15, -0.1) is 10.2 Å². The summed E-state index contributed by atoms with van der Waals surface area (Å²) in [7, 11) is 0. The highest BCUT2D eigenvalue weighted by atomic mass is 32.2. The van der Waals surface area contributed by atoms with Gasteiger partial charge in [-0.3, -0.25) is 9.36 Å². The number of hydrogen-bond acceptors (Lipinski definition) is 4. The Kier molecular flexibility index (Phi) is 7.13. The van der Waals surface area contributed by atoms with Crippen molar-refractivity contribution < 1.29 is 4.79 Å². The number of rotatable bonds is 6. The molecule has 0 fully saturated rings. The van der Waals surface area contributed by atoms with Crippen molar-refractivity contribution in [3.05, 3.63) is 89.0 Å². The van der Waals surface area contributed by atoms with Crippen molar-refractivity contribution in [1.82, 2.24) is 14.8 Å². The lowest BCUT2D eigenvalue weighted by Crippen LogP contribution is -2.16. The van der Waals surface area contributed by atoms with Crippen LogP contribution in [0.1, 0.15) is 43.0 Å². The predicted molar refractivity (Wildman–Crippen MR) is 146 cm³/mol. The van der Waals surface area contributed by atoms with E-state index in [-0.39, 0.29) is 17.1 Å². The molecule has 0 aliphatic rings. The van der Waals surface area contributed by atoms with E-state index in [1.807, 2.05) is 48.7 Å². The zero-order chi connectivity index (χ0) is 25.2. The largest absolute Gasteiger partial charge is 0.325 e. The zero-order valence-electron chi connectivity index (χ0n) is 21.2. The molecular formula is C29H32N4OS. The Morgan fingerprint density at radius 3 is 2.14 bits per heavy atom. The normalized spacial score (nSPS) is 11.5. The van der Waals surface area contributed by atoms with Gasteiger partial charge in [0.15, 0.2) is 11.0 Å². The summed E-state index contributed by atoms with van der Waals surface area (Å²) in [5, 5.41) is 12.7.